The van der Waals surface area contributed by atoms with Gasteiger partial charge in [0.2, 0.25) is 0 Å². The number of rotatable bonds is 3. The molecular formula is C10H6N2O5. The molecule has 1 N–H and O–H groups in total. The lowest BCUT2D eigenvalue weighted by Crippen LogP contribution is -2.00. The maximum absolute atomic E-state index is 10.8. The van der Waals surface area contributed by atoms with E-state index in [1.54, 1.807) is 6.07 Å². The molecule has 0 bridgehead atoms. The summed E-state index contributed by atoms with van der Waals surface area (Å²) < 4.78 is 4.91. The van der Waals surface area contributed by atoms with Gasteiger partial charge >= 0.3 is 5.97 Å². The molecule has 1 aromatic carbocycles. The number of para-hydroxylation sites is 1. The molecule has 1 heterocycles. The zero-order valence-electron chi connectivity index (χ0n) is 8.36. The molecule has 17 heavy (non-hydrogen) atoms. The Bertz CT molecular complexity index is 590. The van der Waals surface area contributed by atoms with E-state index in [9.17, 15) is 14.9 Å². The van der Waals surface area contributed by atoms with Gasteiger partial charge in [0.25, 0.3) is 5.69 Å². The highest BCUT2D eigenvalue weighted by atomic mass is 16.6. The molecular weight excluding hydrogens is 228 g/mol. The molecule has 2 aromatic rings. The third kappa shape index (κ3) is 1.85. The monoisotopic (exact) mass is 234 g/mol. The second-order valence-corrected chi connectivity index (χ2v) is 3.11. The van der Waals surface area contributed by atoms with E-state index in [4.69, 9.17) is 9.52 Å². The van der Waals surface area contributed by atoms with E-state index in [0.29, 0.717) is 0 Å². The van der Waals surface area contributed by atoms with Gasteiger partial charge in [-0.2, -0.15) is 0 Å². The summed E-state index contributed by atoms with van der Waals surface area (Å²) in [5.41, 5.74) is -0.488. The number of nitrogens with zero attached hydrogens (tertiary/aromatic N) is 2. The second kappa shape index (κ2) is 4.05. The van der Waals surface area contributed by atoms with E-state index in [1.165, 1.54) is 18.2 Å². The molecule has 0 spiro atoms. The van der Waals surface area contributed by atoms with Crippen LogP contribution in [0.1, 0.15) is 10.5 Å². The number of aromatic nitrogens is 1. The van der Waals surface area contributed by atoms with Crippen molar-refractivity contribution in [1.29, 1.82) is 0 Å². The summed E-state index contributed by atoms with van der Waals surface area (Å²) in [6, 6.07) is 5.71. The van der Waals surface area contributed by atoms with Crippen molar-refractivity contribution in [2.24, 2.45) is 0 Å². The number of carbonyl (C=O) groups is 1. The summed E-state index contributed by atoms with van der Waals surface area (Å²) in [5.74, 6) is -1.42. The molecule has 7 nitrogen and oxygen atoms in total. The highest BCUT2D eigenvalue weighted by molar-refractivity contribution is 5.93. The van der Waals surface area contributed by atoms with Crippen LogP contribution in [0.25, 0.3) is 11.3 Å². The standard InChI is InChI=1S/C10H6N2O5/c13-10(14)8-9(17-5-11-8)6-3-1-2-4-7(6)12(15)16/h1-5H,(H,13,14). The van der Waals surface area contributed by atoms with E-state index in [1.807, 2.05) is 0 Å². The van der Waals surface area contributed by atoms with Crippen LogP contribution < -0.4 is 0 Å². The van der Waals surface area contributed by atoms with Crippen molar-refractivity contribution in [3.8, 4) is 11.3 Å². The normalized spacial score (nSPS) is 10.1. The fourth-order valence-corrected chi connectivity index (χ4v) is 1.41. The zero-order valence-corrected chi connectivity index (χ0v) is 8.36. The summed E-state index contributed by atoms with van der Waals surface area (Å²) in [6.45, 7) is 0. The summed E-state index contributed by atoms with van der Waals surface area (Å²) in [6.07, 6.45) is 0.940. The van der Waals surface area contributed by atoms with Gasteiger partial charge in [0.15, 0.2) is 17.8 Å². The third-order valence-corrected chi connectivity index (χ3v) is 2.12. The van der Waals surface area contributed by atoms with Gasteiger partial charge in [-0.15, -0.1) is 0 Å². The van der Waals surface area contributed by atoms with Crippen molar-refractivity contribution in [3.05, 3.63) is 46.5 Å². The highest BCUT2D eigenvalue weighted by Gasteiger charge is 2.23. The Morgan fingerprint density at radius 2 is 2.12 bits per heavy atom. The lowest BCUT2D eigenvalue weighted by Gasteiger charge is -1.99. The molecule has 86 valence electrons. The number of nitro groups is 1. The summed E-state index contributed by atoms with van der Waals surface area (Å²) >= 11 is 0. The van der Waals surface area contributed by atoms with Crippen LogP contribution in [0.2, 0.25) is 0 Å². The number of oxazole rings is 1. The number of carboxylic acids is 1. The van der Waals surface area contributed by atoms with Crippen LogP contribution in [0, 0.1) is 10.1 Å². The van der Waals surface area contributed by atoms with Crippen LogP contribution in [0.4, 0.5) is 5.69 Å². The predicted molar refractivity (Wildman–Crippen MR) is 55.6 cm³/mol. The molecule has 0 aliphatic carbocycles. The van der Waals surface area contributed by atoms with Crippen molar-refractivity contribution in [2.75, 3.05) is 0 Å². The first-order chi connectivity index (χ1) is 8.11. The molecule has 2 rings (SSSR count). The summed E-state index contributed by atoms with van der Waals surface area (Å²) in [4.78, 5) is 24.5. The molecule has 0 amide bonds. The topological polar surface area (TPSA) is 106 Å². The van der Waals surface area contributed by atoms with Gasteiger partial charge in [-0.05, 0) is 6.07 Å². The van der Waals surface area contributed by atoms with E-state index < -0.39 is 10.9 Å². The molecule has 0 unspecified atom stereocenters. The van der Waals surface area contributed by atoms with Crippen LogP contribution >= 0.6 is 0 Å². The Morgan fingerprint density at radius 3 is 2.76 bits per heavy atom. The maximum atomic E-state index is 10.8. The van der Waals surface area contributed by atoms with Crippen molar-refractivity contribution in [3.63, 3.8) is 0 Å². The van der Waals surface area contributed by atoms with E-state index in [2.05, 4.69) is 4.98 Å². The number of carboxylic acid groups (broad SMARTS) is 1. The zero-order chi connectivity index (χ0) is 12.4. The van der Waals surface area contributed by atoms with Gasteiger partial charge < -0.3 is 9.52 Å². The van der Waals surface area contributed by atoms with Gasteiger partial charge in [0, 0.05) is 6.07 Å². The van der Waals surface area contributed by atoms with Crippen molar-refractivity contribution < 1.29 is 19.2 Å². The molecule has 0 aliphatic rings. The third-order valence-electron chi connectivity index (χ3n) is 2.12. The van der Waals surface area contributed by atoms with Crippen LogP contribution in [0.3, 0.4) is 0 Å². The Labute approximate surface area is 94.5 Å². The minimum atomic E-state index is -1.30. The SMILES string of the molecule is O=C(O)c1ncoc1-c1ccccc1[N+](=O)[O-]. The van der Waals surface area contributed by atoms with Crippen LogP contribution in [-0.4, -0.2) is 21.0 Å². The quantitative estimate of drug-likeness (QED) is 0.642. The number of benzene rings is 1. The van der Waals surface area contributed by atoms with Gasteiger partial charge in [0.05, 0.1) is 10.5 Å². The van der Waals surface area contributed by atoms with Crippen LogP contribution in [0.15, 0.2) is 35.1 Å². The first kappa shape index (κ1) is 10.8. The van der Waals surface area contributed by atoms with Crippen molar-refractivity contribution in [1.82, 2.24) is 4.98 Å². The van der Waals surface area contributed by atoms with Crippen molar-refractivity contribution >= 4 is 11.7 Å². The van der Waals surface area contributed by atoms with Gasteiger partial charge in [-0.25, -0.2) is 9.78 Å². The molecule has 0 aliphatic heterocycles. The minimum Gasteiger partial charge on any atom is -0.476 e. The number of hydrogen-bond acceptors (Lipinski definition) is 5. The highest BCUT2D eigenvalue weighted by Crippen LogP contribution is 2.31. The lowest BCUT2D eigenvalue weighted by atomic mass is 10.1. The molecule has 7 heteroatoms. The van der Waals surface area contributed by atoms with Gasteiger partial charge in [-0.1, -0.05) is 12.1 Å². The van der Waals surface area contributed by atoms with Crippen LogP contribution in [0.5, 0.6) is 0 Å². The Balaban J connectivity index is 2.64. The smallest absolute Gasteiger partial charge is 0.358 e. The number of nitro benzene ring substituents is 1. The average Bonchev–Trinajstić information content (AvgIpc) is 2.77. The summed E-state index contributed by atoms with van der Waals surface area (Å²) in [5, 5.41) is 19.6. The molecule has 0 saturated heterocycles. The molecule has 0 saturated carbocycles. The first-order valence-corrected chi connectivity index (χ1v) is 4.52. The fraction of sp³-hybridized carbons (Fsp3) is 0. The van der Waals surface area contributed by atoms with Crippen LogP contribution in [-0.2, 0) is 0 Å². The Morgan fingerprint density at radius 1 is 1.41 bits per heavy atom. The van der Waals surface area contributed by atoms with Crippen molar-refractivity contribution in [2.45, 2.75) is 0 Å². The minimum absolute atomic E-state index is 0.0902. The maximum Gasteiger partial charge on any atom is 0.358 e. The number of hydrogen-bond donors (Lipinski definition) is 1. The van der Waals surface area contributed by atoms with E-state index in [0.717, 1.165) is 6.39 Å². The number of aromatic carboxylic acids is 1. The Kier molecular flexibility index (Phi) is 2.57. The molecule has 0 atom stereocenters. The Hall–Kier alpha value is -2.70. The molecule has 0 fully saturated rings. The summed E-state index contributed by atoms with van der Waals surface area (Å²) in [7, 11) is 0. The second-order valence-electron chi connectivity index (χ2n) is 3.11. The van der Waals surface area contributed by atoms with Gasteiger partial charge in [-0.3, -0.25) is 10.1 Å². The molecule has 0 radical (unpaired) electrons. The predicted octanol–water partition coefficient (Wildman–Crippen LogP) is 1.95. The average molecular weight is 234 g/mol. The lowest BCUT2D eigenvalue weighted by molar-refractivity contribution is -0.384. The van der Waals surface area contributed by atoms with E-state index >= 15 is 0 Å². The molecule has 1 aromatic heterocycles. The van der Waals surface area contributed by atoms with E-state index in [-0.39, 0.29) is 22.7 Å². The van der Waals surface area contributed by atoms with Gasteiger partial charge in [0.1, 0.15) is 0 Å². The largest absolute Gasteiger partial charge is 0.476 e. The first-order valence-electron chi connectivity index (χ1n) is 4.52. The fourth-order valence-electron chi connectivity index (χ4n) is 1.41.